The first-order valence-corrected chi connectivity index (χ1v) is 7.85. The zero-order chi connectivity index (χ0) is 13.7. The zero-order valence-electron chi connectivity index (χ0n) is 11.4. The Morgan fingerprint density at radius 2 is 1.84 bits per heavy atom. The van der Waals surface area contributed by atoms with Gasteiger partial charge in [-0.15, -0.1) is 0 Å². The van der Waals surface area contributed by atoms with E-state index in [-0.39, 0.29) is 5.92 Å². The maximum atomic E-state index is 12.1. The third kappa shape index (κ3) is 4.64. The molecule has 0 aliphatic heterocycles. The second-order valence-electron chi connectivity index (χ2n) is 5.48. The van der Waals surface area contributed by atoms with E-state index in [4.69, 9.17) is 4.74 Å². The fraction of sp³-hybridized carbons (Fsp3) is 0.562. The summed E-state index contributed by atoms with van der Waals surface area (Å²) in [5.41, 5.74) is 0. The molecule has 0 spiro atoms. The largest absolute Gasteiger partial charge is 0.493 e. The first kappa shape index (κ1) is 14.6. The first-order chi connectivity index (χ1) is 9.15. The molecule has 1 aromatic carbocycles. The molecular formula is C16H21BrO2. The van der Waals surface area contributed by atoms with Crippen molar-refractivity contribution in [1.29, 1.82) is 0 Å². The molecule has 0 N–H and O–H groups in total. The maximum Gasteiger partial charge on any atom is 0.139 e. The Labute approximate surface area is 123 Å². The topological polar surface area (TPSA) is 26.3 Å². The van der Waals surface area contributed by atoms with Gasteiger partial charge < -0.3 is 4.74 Å². The van der Waals surface area contributed by atoms with Crippen molar-refractivity contribution >= 4 is 21.7 Å². The number of carbonyl (C=O) groups is 1. The minimum absolute atomic E-state index is 0.282. The normalized spacial score (nSPS) is 23.1. The van der Waals surface area contributed by atoms with Crippen LogP contribution in [0.25, 0.3) is 0 Å². The third-order valence-corrected chi connectivity index (χ3v) is 4.43. The van der Waals surface area contributed by atoms with Gasteiger partial charge in [0.2, 0.25) is 0 Å². The molecule has 0 atom stereocenters. The predicted molar refractivity (Wildman–Crippen MR) is 80.4 cm³/mol. The van der Waals surface area contributed by atoms with Crippen LogP contribution in [0.4, 0.5) is 0 Å². The fourth-order valence-electron chi connectivity index (χ4n) is 2.59. The van der Waals surface area contributed by atoms with Crippen LogP contribution in [-0.2, 0) is 4.79 Å². The van der Waals surface area contributed by atoms with Crippen LogP contribution in [0.5, 0.6) is 5.75 Å². The monoisotopic (exact) mass is 324 g/mol. The minimum Gasteiger partial charge on any atom is -0.493 e. The Morgan fingerprint density at radius 3 is 2.47 bits per heavy atom. The lowest BCUT2D eigenvalue weighted by Gasteiger charge is -2.25. The van der Waals surface area contributed by atoms with Crippen LogP contribution in [0.1, 0.15) is 39.0 Å². The molecule has 0 radical (unpaired) electrons. The highest BCUT2D eigenvalue weighted by Gasteiger charge is 2.23. The Morgan fingerprint density at radius 1 is 1.21 bits per heavy atom. The molecule has 0 bridgehead atoms. The number of Topliss-reactive ketones (excluding diaryl/α,β-unsaturated/α-hetero) is 1. The molecule has 1 aliphatic rings. The van der Waals surface area contributed by atoms with Gasteiger partial charge in [-0.1, -0.05) is 35.7 Å². The molecule has 0 amide bonds. The Kier molecular flexibility index (Phi) is 5.44. The van der Waals surface area contributed by atoms with Crippen molar-refractivity contribution in [3.63, 3.8) is 0 Å². The number of rotatable bonds is 5. The van der Waals surface area contributed by atoms with Gasteiger partial charge in [0.1, 0.15) is 11.5 Å². The zero-order valence-corrected chi connectivity index (χ0v) is 13.0. The standard InChI is InChI=1S/C16H21BrO2/c1-12-2-4-13(5-3-12)16(18)10-11-19-15-8-6-14(17)7-9-15/h6-9,12-13H,2-5,10-11H2,1H3. The number of benzene rings is 1. The van der Waals surface area contributed by atoms with Gasteiger partial charge in [0.25, 0.3) is 0 Å². The fourth-order valence-corrected chi connectivity index (χ4v) is 2.85. The van der Waals surface area contributed by atoms with E-state index >= 15 is 0 Å². The van der Waals surface area contributed by atoms with Crippen LogP contribution in [-0.4, -0.2) is 12.4 Å². The van der Waals surface area contributed by atoms with Gasteiger partial charge >= 0.3 is 0 Å². The lowest BCUT2D eigenvalue weighted by atomic mass is 9.80. The second kappa shape index (κ2) is 7.09. The van der Waals surface area contributed by atoms with E-state index < -0.39 is 0 Å². The van der Waals surface area contributed by atoms with Crippen LogP contribution in [0, 0.1) is 11.8 Å². The van der Waals surface area contributed by atoms with Crippen molar-refractivity contribution in [3.05, 3.63) is 28.7 Å². The first-order valence-electron chi connectivity index (χ1n) is 7.06. The number of ketones is 1. The quantitative estimate of drug-likeness (QED) is 0.790. The van der Waals surface area contributed by atoms with E-state index in [1.165, 1.54) is 12.8 Å². The molecule has 19 heavy (non-hydrogen) atoms. The molecule has 1 aromatic rings. The molecule has 104 valence electrons. The summed E-state index contributed by atoms with van der Waals surface area (Å²) in [6.45, 7) is 2.77. The van der Waals surface area contributed by atoms with Crippen LogP contribution in [0.3, 0.4) is 0 Å². The van der Waals surface area contributed by atoms with Gasteiger partial charge in [-0.05, 0) is 43.0 Å². The predicted octanol–water partition coefficient (Wildman–Crippen LogP) is 4.61. The van der Waals surface area contributed by atoms with Gasteiger partial charge in [-0.25, -0.2) is 0 Å². The van der Waals surface area contributed by atoms with Crippen molar-refractivity contribution in [2.45, 2.75) is 39.0 Å². The average molecular weight is 325 g/mol. The van der Waals surface area contributed by atoms with Gasteiger partial charge in [-0.2, -0.15) is 0 Å². The summed E-state index contributed by atoms with van der Waals surface area (Å²) in [5, 5.41) is 0. The van der Waals surface area contributed by atoms with Gasteiger partial charge in [-0.3, -0.25) is 4.79 Å². The van der Waals surface area contributed by atoms with E-state index in [0.29, 0.717) is 18.8 Å². The molecule has 2 nitrogen and oxygen atoms in total. The van der Waals surface area contributed by atoms with Crippen LogP contribution in [0.15, 0.2) is 28.7 Å². The van der Waals surface area contributed by atoms with E-state index in [2.05, 4.69) is 22.9 Å². The van der Waals surface area contributed by atoms with E-state index in [1.807, 2.05) is 24.3 Å². The molecular weight excluding hydrogens is 304 g/mol. The van der Waals surface area contributed by atoms with Gasteiger partial charge in [0.15, 0.2) is 0 Å². The van der Waals surface area contributed by atoms with E-state index in [0.717, 1.165) is 29.0 Å². The van der Waals surface area contributed by atoms with E-state index in [9.17, 15) is 4.79 Å². The summed E-state index contributed by atoms with van der Waals surface area (Å²) in [7, 11) is 0. The molecule has 0 heterocycles. The molecule has 0 saturated heterocycles. The van der Waals surface area contributed by atoms with Gasteiger partial charge in [0, 0.05) is 16.8 Å². The molecule has 1 fully saturated rings. The Balaban J connectivity index is 1.70. The molecule has 0 aromatic heterocycles. The summed E-state index contributed by atoms with van der Waals surface area (Å²) in [6, 6.07) is 7.72. The van der Waals surface area contributed by atoms with E-state index in [1.54, 1.807) is 0 Å². The Hall–Kier alpha value is -0.830. The summed E-state index contributed by atoms with van der Waals surface area (Å²) in [4.78, 5) is 12.1. The second-order valence-corrected chi connectivity index (χ2v) is 6.39. The summed E-state index contributed by atoms with van der Waals surface area (Å²) in [5.74, 6) is 2.28. The number of ether oxygens (including phenoxy) is 1. The Bertz CT molecular complexity index is 405. The third-order valence-electron chi connectivity index (χ3n) is 3.90. The lowest BCUT2D eigenvalue weighted by Crippen LogP contribution is -2.22. The molecule has 0 unspecified atom stereocenters. The summed E-state index contributed by atoms with van der Waals surface area (Å²) in [6.07, 6.45) is 5.07. The van der Waals surface area contributed by atoms with Crippen molar-refractivity contribution in [1.82, 2.24) is 0 Å². The molecule has 3 heteroatoms. The van der Waals surface area contributed by atoms with Crippen LogP contribution in [0.2, 0.25) is 0 Å². The van der Waals surface area contributed by atoms with Crippen molar-refractivity contribution < 1.29 is 9.53 Å². The number of hydrogen-bond donors (Lipinski definition) is 0. The molecule has 1 aliphatic carbocycles. The average Bonchev–Trinajstić information content (AvgIpc) is 2.41. The number of hydrogen-bond acceptors (Lipinski definition) is 2. The SMILES string of the molecule is CC1CCC(C(=O)CCOc2ccc(Br)cc2)CC1. The number of halogens is 1. The summed E-state index contributed by atoms with van der Waals surface area (Å²) < 4.78 is 6.64. The van der Waals surface area contributed by atoms with Crippen molar-refractivity contribution in [2.75, 3.05) is 6.61 Å². The minimum atomic E-state index is 0.282. The highest BCUT2D eigenvalue weighted by molar-refractivity contribution is 9.10. The highest BCUT2D eigenvalue weighted by atomic mass is 79.9. The van der Waals surface area contributed by atoms with Gasteiger partial charge in [0.05, 0.1) is 6.61 Å². The van der Waals surface area contributed by atoms with Crippen LogP contribution >= 0.6 is 15.9 Å². The maximum absolute atomic E-state index is 12.1. The smallest absolute Gasteiger partial charge is 0.139 e. The van der Waals surface area contributed by atoms with Crippen molar-refractivity contribution in [3.8, 4) is 5.75 Å². The highest BCUT2D eigenvalue weighted by Crippen LogP contribution is 2.29. The summed E-state index contributed by atoms with van der Waals surface area (Å²) >= 11 is 3.38. The molecule has 2 rings (SSSR count). The lowest BCUT2D eigenvalue weighted by molar-refractivity contribution is -0.124. The van der Waals surface area contributed by atoms with Crippen LogP contribution < -0.4 is 4.74 Å². The van der Waals surface area contributed by atoms with Crippen molar-refractivity contribution in [2.24, 2.45) is 11.8 Å². The number of carbonyl (C=O) groups excluding carboxylic acids is 1. The molecule has 1 saturated carbocycles.